The molecule has 1 heterocycles. The molecule has 1 aliphatic carbocycles. The van der Waals surface area contributed by atoms with Gasteiger partial charge in [0.15, 0.2) is 15.7 Å². The highest BCUT2D eigenvalue weighted by Crippen LogP contribution is 2.37. The fraction of sp³-hybridized carbons (Fsp3) is 0.417. The third-order valence-corrected chi connectivity index (χ3v) is 5.48. The lowest BCUT2D eigenvalue weighted by molar-refractivity contribution is 0.474. The van der Waals surface area contributed by atoms with Crippen LogP contribution in [0.25, 0.3) is 0 Å². The highest BCUT2D eigenvalue weighted by atomic mass is 32.2. The van der Waals surface area contributed by atoms with Gasteiger partial charge in [-0.25, -0.2) is 13.1 Å². The van der Waals surface area contributed by atoms with Crippen molar-refractivity contribution >= 4 is 9.84 Å². The summed E-state index contributed by atoms with van der Waals surface area (Å²) in [6.45, 7) is 1.58. The standard InChI is InChI=1S/C12H14N4O3S/c1-8(12-13-14-15-16(12)9-2-3-9)20(18,19)11-6-4-10(17)5-7-11/h4-9,17H,2-3H2,1H3. The summed E-state index contributed by atoms with van der Waals surface area (Å²) in [5.41, 5.74) is 0. The second-order valence-corrected chi connectivity index (χ2v) is 7.16. The van der Waals surface area contributed by atoms with Crippen molar-refractivity contribution in [3.63, 3.8) is 0 Å². The third-order valence-electron chi connectivity index (χ3n) is 3.41. The number of aromatic hydroxyl groups is 1. The summed E-state index contributed by atoms with van der Waals surface area (Å²) in [4.78, 5) is 0.146. The van der Waals surface area contributed by atoms with Gasteiger partial charge in [0.2, 0.25) is 0 Å². The van der Waals surface area contributed by atoms with E-state index in [2.05, 4.69) is 15.5 Å². The van der Waals surface area contributed by atoms with Crippen LogP contribution < -0.4 is 0 Å². The topological polar surface area (TPSA) is 98.0 Å². The van der Waals surface area contributed by atoms with E-state index >= 15 is 0 Å². The zero-order valence-corrected chi connectivity index (χ0v) is 11.7. The van der Waals surface area contributed by atoms with Crippen molar-refractivity contribution in [1.82, 2.24) is 20.2 Å². The lowest BCUT2D eigenvalue weighted by Gasteiger charge is -2.12. The largest absolute Gasteiger partial charge is 0.508 e. The van der Waals surface area contributed by atoms with E-state index in [1.54, 1.807) is 11.6 Å². The maximum absolute atomic E-state index is 12.5. The van der Waals surface area contributed by atoms with Gasteiger partial charge in [-0.1, -0.05) is 0 Å². The lowest BCUT2D eigenvalue weighted by atomic mass is 10.3. The van der Waals surface area contributed by atoms with Gasteiger partial charge in [-0.3, -0.25) is 0 Å². The van der Waals surface area contributed by atoms with Gasteiger partial charge in [0.25, 0.3) is 0 Å². The van der Waals surface area contributed by atoms with Crippen LogP contribution in [-0.4, -0.2) is 33.7 Å². The number of rotatable bonds is 4. The highest BCUT2D eigenvalue weighted by Gasteiger charge is 2.34. The first kappa shape index (κ1) is 13.0. The first-order valence-electron chi connectivity index (χ1n) is 6.31. The van der Waals surface area contributed by atoms with E-state index in [4.69, 9.17) is 0 Å². The minimum absolute atomic E-state index is 0.0272. The van der Waals surface area contributed by atoms with E-state index in [9.17, 15) is 13.5 Å². The maximum atomic E-state index is 12.5. The van der Waals surface area contributed by atoms with Crippen LogP contribution in [0, 0.1) is 0 Å². The van der Waals surface area contributed by atoms with Crippen molar-refractivity contribution in [1.29, 1.82) is 0 Å². The molecule has 0 amide bonds. The number of benzene rings is 1. The molecular formula is C12H14N4O3S. The van der Waals surface area contributed by atoms with Crippen molar-refractivity contribution in [3.8, 4) is 5.75 Å². The van der Waals surface area contributed by atoms with E-state index in [-0.39, 0.29) is 16.7 Å². The molecule has 106 valence electrons. The maximum Gasteiger partial charge on any atom is 0.188 e. The second kappa shape index (κ2) is 4.55. The quantitative estimate of drug-likeness (QED) is 0.911. The Morgan fingerprint density at radius 3 is 2.55 bits per heavy atom. The predicted molar refractivity (Wildman–Crippen MR) is 69.8 cm³/mol. The summed E-state index contributed by atoms with van der Waals surface area (Å²) in [6.07, 6.45) is 1.95. The first-order valence-corrected chi connectivity index (χ1v) is 7.85. The third kappa shape index (κ3) is 2.15. The molecule has 0 saturated heterocycles. The van der Waals surface area contributed by atoms with E-state index < -0.39 is 15.1 Å². The number of aromatic nitrogens is 4. The van der Waals surface area contributed by atoms with Crippen molar-refractivity contribution in [2.75, 3.05) is 0 Å². The average Bonchev–Trinajstić information content (AvgIpc) is 3.16. The van der Waals surface area contributed by atoms with Gasteiger partial charge in [-0.15, -0.1) is 5.10 Å². The fourth-order valence-corrected chi connectivity index (χ4v) is 3.38. The molecule has 1 unspecified atom stereocenters. The van der Waals surface area contributed by atoms with Crippen LogP contribution in [0.5, 0.6) is 5.75 Å². The number of phenolic OH excluding ortho intramolecular Hbond substituents is 1. The Kier molecular flexibility index (Phi) is 2.97. The minimum atomic E-state index is -3.58. The molecule has 0 spiro atoms. The molecule has 2 aromatic rings. The summed E-state index contributed by atoms with van der Waals surface area (Å²) < 4.78 is 26.7. The second-order valence-electron chi connectivity index (χ2n) is 4.89. The summed E-state index contributed by atoms with van der Waals surface area (Å²) in [7, 11) is -3.58. The van der Waals surface area contributed by atoms with Gasteiger partial charge in [0.05, 0.1) is 10.9 Å². The average molecular weight is 294 g/mol. The summed E-state index contributed by atoms with van der Waals surface area (Å²) in [5, 5.41) is 19.7. The molecule has 1 saturated carbocycles. The van der Waals surface area contributed by atoms with E-state index in [0.29, 0.717) is 5.82 Å². The van der Waals surface area contributed by atoms with Crippen LogP contribution in [0.1, 0.15) is 36.9 Å². The van der Waals surface area contributed by atoms with Crippen LogP contribution in [0.15, 0.2) is 29.2 Å². The van der Waals surface area contributed by atoms with Gasteiger partial charge < -0.3 is 5.11 Å². The van der Waals surface area contributed by atoms with Gasteiger partial charge in [0, 0.05) is 0 Å². The Bertz CT molecular complexity index is 719. The molecule has 1 fully saturated rings. The number of phenols is 1. The van der Waals surface area contributed by atoms with Crippen LogP contribution in [0.2, 0.25) is 0 Å². The van der Waals surface area contributed by atoms with Gasteiger partial charge in [-0.2, -0.15) is 0 Å². The molecule has 20 heavy (non-hydrogen) atoms. The summed E-state index contributed by atoms with van der Waals surface area (Å²) in [6, 6.07) is 5.68. The Labute approximate surface area is 116 Å². The molecule has 8 heteroatoms. The number of tetrazole rings is 1. The molecule has 0 aliphatic heterocycles. The normalized spacial score (nSPS) is 17.1. The van der Waals surface area contributed by atoms with E-state index in [1.807, 2.05) is 0 Å². The van der Waals surface area contributed by atoms with Crippen molar-refractivity contribution in [3.05, 3.63) is 30.1 Å². The van der Waals surface area contributed by atoms with Gasteiger partial charge in [0.1, 0.15) is 11.0 Å². The molecular weight excluding hydrogens is 280 g/mol. The molecule has 1 aromatic carbocycles. The Balaban J connectivity index is 1.98. The Hall–Kier alpha value is -1.96. The van der Waals surface area contributed by atoms with E-state index in [1.165, 1.54) is 24.3 Å². The highest BCUT2D eigenvalue weighted by molar-refractivity contribution is 7.91. The van der Waals surface area contributed by atoms with Gasteiger partial charge >= 0.3 is 0 Å². The van der Waals surface area contributed by atoms with Crippen LogP contribution >= 0.6 is 0 Å². The SMILES string of the molecule is CC(c1nnnn1C1CC1)S(=O)(=O)c1ccc(O)cc1. The number of sulfone groups is 1. The molecule has 0 radical (unpaired) electrons. The van der Waals surface area contributed by atoms with Crippen LogP contribution in [0.4, 0.5) is 0 Å². The predicted octanol–water partition coefficient (Wildman–Crippen LogP) is 1.25. The Morgan fingerprint density at radius 2 is 1.95 bits per heavy atom. The van der Waals surface area contributed by atoms with Crippen molar-refractivity contribution in [2.45, 2.75) is 36.0 Å². The Morgan fingerprint density at radius 1 is 1.30 bits per heavy atom. The van der Waals surface area contributed by atoms with Crippen LogP contribution in [-0.2, 0) is 9.84 Å². The number of hydrogen-bond donors (Lipinski definition) is 1. The summed E-state index contributed by atoms with van der Waals surface area (Å²) in [5.74, 6) is 0.389. The molecule has 1 atom stereocenters. The van der Waals surface area contributed by atoms with Crippen LogP contribution in [0.3, 0.4) is 0 Å². The lowest BCUT2D eigenvalue weighted by Crippen LogP contribution is -2.16. The van der Waals surface area contributed by atoms with Gasteiger partial charge in [-0.05, 0) is 54.5 Å². The molecule has 3 rings (SSSR count). The molecule has 0 bridgehead atoms. The first-order chi connectivity index (χ1) is 9.50. The number of nitrogens with zero attached hydrogens (tertiary/aromatic N) is 4. The van der Waals surface area contributed by atoms with Crippen molar-refractivity contribution < 1.29 is 13.5 Å². The molecule has 1 aliphatic rings. The van der Waals surface area contributed by atoms with Crippen molar-refractivity contribution in [2.24, 2.45) is 0 Å². The van der Waals surface area contributed by atoms with E-state index in [0.717, 1.165) is 12.8 Å². The monoisotopic (exact) mass is 294 g/mol. The summed E-state index contributed by atoms with van der Waals surface area (Å²) >= 11 is 0. The zero-order valence-electron chi connectivity index (χ0n) is 10.8. The fourth-order valence-electron chi connectivity index (χ4n) is 2.03. The molecule has 1 aromatic heterocycles. The smallest absolute Gasteiger partial charge is 0.188 e. The number of hydrogen-bond acceptors (Lipinski definition) is 6. The molecule has 7 nitrogen and oxygen atoms in total. The molecule has 1 N–H and O–H groups in total. The zero-order chi connectivity index (χ0) is 14.3. The minimum Gasteiger partial charge on any atom is -0.508 e.